The molecule has 0 saturated carbocycles. The number of piperidine rings is 1. The maximum atomic E-state index is 12.0. The zero-order valence-electron chi connectivity index (χ0n) is 11.2. The largest absolute Gasteiger partial charge is 0.342 e. The summed E-state index contributed by atoms with van der Waals surface area (Å²) in [5.74, 6) is 0.260. The molecule has 0 bridgehead atoms. The second-order valence-corrected chi connectivity index (χ2v) is 4.47. The van der Waals surface area contributed by atoms with Crippen LogP contribution in [-0.4, -0.2) is 36.5 Å². The van der Waals surface area contributed by atoms with Gasteiger partial charge in [0.2, 0.25) is 5.91 Å². The number of rotatable bonds is 5. The van der Waals surface area contributed by atoms with E-state index in [-0.39, 0.29) is 11.9 Å². The Kier molecular flexibility index (Phi) is 5.98. The molecule has 1 heterocycles. The zero-order chi connectivity index (χ0) is 12.7. The lowest BCUT2D eigenvalue weighted by atomic mass is 10.0. The first-order valence-electron chi connectivity index (χ1n) is 6.50. The number of nitrogens with one attached hydrogen (secondary N) is 1. The number of nitrogens with zero attached hydrogens (tertiary/aromatic N) is 1. The normalized spacial score (nSPS) is 22.5. The Morgan fingerprint density at radius 3 is 3.00 bits per heavy atom. The molecule has 17 heavy (non-hydrogen) atoms. The van der Waals surface area contributed by atoms with Crippen molar-refractivity contribution in [2.75, 3.05) is 19.6 Å². The van der Waals surface area contributed by atoms with Crippen LogP contribution in [0.1, 0.15) is 33.6 Å². The highest BCUT2D eigenvalue weighted by Crippen LogP contribution is 2.11. The van der Waals surface area contributed by atoms with Gasteiger partial charge in [-0.3, -0.25) is 4.79 Å². The molecule has 1 fully saturated rings. The first kappa shape index (κ1) is 14.0. The minimum Gasteiger partial charge on any atom is -0.342 e. The number of hydrogen-bond donors (Lipinski definition) is 1. The molecule has 3 heteroatoms. The van der Waals surface area contributed by atoms with Gasteiger partial charge in [-0.05, 0) is 33.6 Å². The fraction of sp³-hybridized carbons (Fsp3) is 0.643. The van der Waals surface area contributed by atoms with Gasteiger partial charge in [0.05, 0.1) is 6.04 Å². The lowest BCUT2D eigenvalue weighted by molar-refractivity contribution is -0.135. The minimum absolute atomic E-state index is 0.0124. The van der Waals surface area contributed by atoms with Crippen molar-refractivity contribution in [2.45, 2.75) is 39.7 Å². The summed E-state index contributed by atoms with van der Waals surface area (Å²) in [4.78, 5) is 13.9. The first-order chi connectivity index (χ1) is 8.19. The van der Waals surface area contributed by atoms with E-state index in [1.807, 2.05) is 24.8 Å². The molecular weight excluding hydrogens is 212 g/mol. The fourth-order valence-electron chi connectivity index (χ4n) is 2.14. The summed E-state index contributed by atoms with van der Waals surface area (Å²) in [5, 5.41) is 3.32. The van der Waals surface area contributed by atoms with E-state index in [4.69, 9.17) is 0 Å². The Morgan fingerprint density at radius 1 is 1.59 bits per heavy atom. The Balaban J connectivity index is 2.41. The SMILES string of the molecule is C/C=C\C(C)=C/CNC1CCCN(CC)C1=O. The van der Waals surface area contributed by atoms with Gasteiger partial charge in [0.15, 0.2) is 0 Å². The quantitative estimate of drug-likeness (QED) is 0.742. The molecule has 1 unspecified atom stereocenters. The average molecular weight is 236 g/mol. The number of likely N-dealkylation sites (N-methyl/N-ethyl adjacent to an activating group) is 1. The summed E-state index contributed by atoms with van der Waals surface area (Å²) >= 11 is 0. The molecule has 0 aromatic rings. The number of likely N-dealkylation sites (tertiary alicyclic amines) is 1. The fourth-order valence-corrected chi connectivity index (χ4v) is 2.14. The molecule has 3 nitrogen and oxygen atoms in total. The molecule has 1 N–H and O–H groups in total. The van der Waals surface area contributed by atoms with Crippen LogP contribution in [0.3, 0.4) is 0 Å². The van der Waals surface area contributed by atoms with Crippen LogP contribution in [0.2, 0.25) is 0 Å². The zero-order valence-corrected chi connectivity index (χ0v) is 11.2. The number of carbonyl (C=O) groups excluding carboxylic acids is 1. The van der Waals surface area contributed by atoms with E-state index in [9.17, 15) is 4.79 Å². The smallest absolute Gasteiger partial charge is 0.239 e. The van der Waals surface area contributed by atoms with Gasteiger partial charge in [0.25, 0.3) is 0 Å². The van der Waals surface area contributed by atoms with Crippen molar-refractivity contribution >= 4 is 5.91 Å². The number of allylic oxidation sites excluding steroid dienone is 3. The molecule has 1 atom stereocenters. The lowest BCUT2D eigenvalue weighted by Gasteiger charge is -2.31. The molecular formula is C14H24N2O. The predicted molar refractivity (Wildman–Crippen MR) is 71.8 cm³/mol. The van der Waals surface area contributed by atoms with Crippen LogP contribution in [0.4, 0.5) is 0 Å². The van der Waals surface area contributed by atoms with Crippen LogP contribution in [0.15, 0.2) is 23.8 Å². The van der Waals surface area contributed by atoms with Crippen LogP contribution in [-0.2, 0) is 4.79 Å². The van der Waals surface area contributed by atoms with Gasteiger partial charge in [-0.25, -0.2) is 0 Å². The van der Waals surface area contributed by atoms with Crippen molar-refractivity contribution in [3.63, 3.8) is 0 Å². The molecule has 0 aromatic heterocycles. The highest BCUT2D eigenvalue weighted by Gasteiger charge is 2.26. The Morgan fingerprint density at radius 2 is 2.35 bits per heavy atom. The summed E-state index contributed by atoms with van der Waals surface area (Å²) < 4.78 is 0. The topological polar surface area (TPSA) is 32.3 Å². The monoisotopic (exact) mass is 236 g/mol. The predicted octanol–water partition coefficient (Wildman–Crippen LogP) is 2.11. The summed E-state index contributed by atoms with van der Waals surface area (Å²) in [6.45, 7) is 8.63. The van der Waals surface area contributed by atoms with Crippen LogP contribution in [0.5, 0.6) is 0 Å². The molecule has 1 aliphatic heterocycles. The highest BCUT2D eigenvalue weighted by molar-refractivity contribution is 5.82. The van der Waals surface area contributed by atoms with E-state index in [1.54, 1.807) is 0 Å². The lowest BCUT2D eigenvalue weighted by Crippen LogP contribution is -2.50. The van der Waals surface area contributed by atoms with Crippen LogP contribution in [0, 0.1) is 0 Å². The molecule has 1 rings (SSSR count). The van der Waals surface area contributed by atoms with E-state index in [0.29, 0.717) is 0 Å². The van der Waals surface area contributed by atoms with E-state index in [1.165, 1.54) is 5.57 Å². The van der Waals surface area contributed by atoms with Gasteiger partial charge in [-0.2, -0.15) is 0 Å². The summed E-state index contributed by atoms with van der Waals surface area (Å²) in [6.07, 6.45) is 8.29. The second-order valence-electron chi connectivity index (χ2n) is 4.47. The Labute approximate surface area is 105 Å². The van der Waals surface area contributed by atoms with Crippen molar-refractivity contribution in [1.29, 1.82) is 0 Å². The van der Waals surface area contributed by atoms with E-state index >= 15 is 0 Å². The Hall–Kier alpha value is -1.09. The maximum Gasteiger partial charge on any atom is 0.239 e. The number of hydrogen-bond acceptors (Lipinski definition) is 2. The third-order valence-electron chi connectivity index (χ3n) is 3.13. The minimum atomic E-state index is 0.0124. The van der Waals surface area contributed by atoms with Gasteiger partial charge < -0.3 is 10.2 Å². The van der Waals surface area contributed by atoms with Crippen molar-refractivity contribution < 1.29 is 4.79 Å². The molecule has 1 amide bonds. The van der Waals surface area contributed by atoms with Crippen molar-refractivity contribution in [2.24, 2.45) is 0 Å². The van der Waals surface area contributed by atoms with E-state index in [2.05, 4.69) is 24.4 Å². The molecule has 0 aromatic carbocycles. The van der Waals surface area contributed by atoms with Crippen LogP contribution < -0.4 is 5.32 Å². The van der Waals surface area contributed by atoms with Crippen molar-refractivity contribution in [3.05, 3.63) is 23.8 Å². The Bertz CT molecular complexity index is 307. The third-order valence-corrected chi connectivity index (χ3v) is 3.13. The third kappa shape index (κ3) is 4.35. The second kappa shape index (κ2) is 7.28. The molecule has 0 radical (unpaired) electrons. The van der Waals surface area contributed by atoms with E-state index < -0.39 is 0 Å². The first-order valence-corrected chi connectivity index (χ1v) is 6.50. The summed E-state index contributed by atoms with van der Waals surface area (Å²) in [7, 11) is 0. The van der Waals surface area contributed by atoms with Crippen LogP contribution >= 0.6 is 0 Å². The summed E-state index contributed by atoms with van der Waals surface area (Å²) in [6, 6.07) is 0.0124. The molecule has 1 aliphatic rings. The number of amides is 1. The van der Waals surface area contributed by atoms with Crippen LogP contribution in [0.25, 0.3) is 0 Å². The van der Waals surface area contributed by atoms with Gasteiger partial charge in [-0.1, -0.05) is 23.8 Å². The summed E-state index contributed by atoms with van der Waals surface area (Å²) in [5.41, 5.74) is 1.23. The van der Waals surface area contributed by atoms with Crippen molar-refractivity contribution in [1.82, 2.24) is 10.2 Å². The standard InChI is InChI=1S/C14H24N2O/c1-4-7-12(3)9-10-15-13-8-6-11-16(5-2)14(13)17/h4,7,9,13,15H,5-6,8,10-11H2,1-3H3/b7-4-,12-9-. The maximum absolute atomic E-state index is 12.0. The highest BCUT2D eigenvalue weighted by atomic mass is 16.2. The van der Waals surface area contributed by atoms with Crippen molar-refractivity contribution in [3.8, 4) is 0 Å². The average Bonchev–Trinajstić information content (AvgIpc) is 2.32. The van der Waals surface area contributed by atoms with Gasteiger partial charge in [-0.15, -0.1) is 0 Å². The molecule has 0 spiro atoms. The van der Waals surface area contributed by atoms with Gasteiger partial charge >= 0.3 is 0 Å². The molecule has 0 aliphatic carbocycles. The van der Waals surface area contributed by atoms with Gasteiger partial charge in [0.1, 0.15) is 0 Å². The van der Waals surface area contributed by atoms with Gasteiger partial charge in [0, 0.05) is 19.6 Å². The molecule has 1 saturated heterocycles. The van der Waals surface area contributed by atoms with E-state index in [0.717, 1.165) is 32.5 Å². The molecule has 96 valence electrons. The number of carbonyl (C=O) groups is 1.